The monoisotopic (exact) mass is 445 g/mol. The average Bonchev–Trinajstić information content (AvgIpc) is 3.22. The van der Waals surface area contributed by atoms with Crippen LogP contribution < -0.4 is 9.62 Å². The van der Waals surface area contributed by atoms with Gasteiger partial charge in [0.2, 0.25) is 0 Å². The molecule has 0 unspecified atom stereocenters. The Bertz CT molecular complexity index is 1180. The van der Waals surface area contributed by atoms with Crippen LogP contribution in [-0.4, -0.2) is 55.8 Å². The summed E-state index contributed by atoms with van der Waals surface area (Å²) >= 11 is 1.21. The van der Waals surface area contributed by atoms with E-state index in [-0.39, 0.29) is 16.6 Å². The van der Waals surface area contributed by atoms with Gasteiger partial charge in [0, 0.05) is 39.1 Å². The van der Waals surface area contributed by atoms with Crippen molar-refractivity contribution in [1.29, 1.82) is 0 Å². The smallest absolute Gasteiger partial charge is 0.280 e. The van der Waals surface area contributed by atoms with E-state index in [4.69, 9.17) is 0 Å². The zero-order valence-corrected chi connectivity index (χ0v) is 18.5. The molecule has 0 atom stereocenters. The van der Waals surface area contributed by atoms with Gasteiger partial charge in [0.1, 0.15) is 0 Å². The van der Waals surface area contributed by atoms with E-state index < -0.39 is 10.0 Å². The predicted molar refractivity (Wildman–Crippen MR) is 119 cm³/mol. The van der Waals surface area contributed by atoms with Crippen molar-refractivity contribution in [2.45, 2.75) is 24.3 Å². The second-order valence-corrected chi connectivity index (χ2v) is 9.87. The SMILES string of the molecule is CN(C)c1ccc(C(=O)N2CCCCC2)c(NS(=O)(=O)c2nccc3sncc23)c1. The number of anilines is 2. The van der Waals surface area contributed by atoms with E-state index in [0.29, 0.717) is 24.0 Å². The Morgan fingerprint density at radius 3 is 2.67 bits per heavy atom. The Kier molecular flexibility index (Phi) is 5.61. The lowest BCUT2D eigenvalue weighted by Crippen LogP contribution is -2.36. The van der Waals surface area contributed by atoms with Crippen LogP contribution in [0, 0.1) is 0 Å². The fourth-order valence-corrected chi connectivity index (χ4v) is 5.44. The number of nitrogens with one attached hydrogen (secondary N) is 1. The third-order valence-electron chi connectivity index (χ3n) is 5.14. The lowest BCUT2D eigenvalue weighted by molar-refractivity contribution is 0.0725. The number of sulfonamides is 1. The Morgan fingerprint density at radius 1 is 1.17 bits per heavy atom. The van der Waals surface area contributed by atoms with Crippen molar-refractivity contribution in [3.8, 4) is 0 Å². The minimum absolute atomic E-state index is 0.0969. The number of hydrogen-bond acceptors (Lipinski definition) is 7. The lowest BCUT2D eigenvalue weighted by atomic mass is 10.1. The molecule has 1 saturated heterocycles. The molecule has 8 nitrogen and oxygen atoms in total. The van der Waals surface area contributed by atoms with Gasteiger partial charge in [0.25, 0.3) is 15.9 Å². The number of nitrogens with zero attached hydrogens (tertiary/aromatic N) is 4. The molecule has 0 radical (unpaired) electrons. The highest BCUT2D eigenvalue weighted by molar-refractivity contribution is 7.92. The van der Waals surface area contributed by atoms with E-state index in [1.165, 1.54) is 23.9 Å². The molecule has 4 rings (SSSR count). The van der Waals surface area contributed by atoms with E-state index in [1.807, 2.05) is 25.1 Å². The molecule has 1 aliphatic rings. The minimum Gasteiger partial charge on any atom is -0.378 e. The molecule has 3 aromatic rings. The maximum absolute atomic E-state index is 13.2. The Balaban J connectivity index is 1.75. The van der Waals surface area contributed by atoms with Gasteiger partial charge in [-0.15, -0.1) is 0 Å². The molecule has 0 spiro atoms. The van der Waals surface area contributed by atoms with Gasteiger partial charge in [-0.05, 0) is 55.1 Å². The van der Waals surface area contributed by atoms with Crippen LogP contribution in [-0.2, 0) is 10.0 Å². The van der Waals surface area contributed by atoms with Crippen LogP contribution in [0.15, 0.2) is 41.7 Å². The van der Waals surface area contributed by atoms with Gasteiger partial charge in [0.15, 0.2) is 5.03 Å². The maximum Gasteiger partial charge on any atom is 0.280 e. The zero-order chi connectivity index (χ0) is 21.3. The van der Waals surface area contributed by atoms with Crippen LogP contribution in [0.3, 0.4) is 0 Å². The van der Waals surface area contributed by atoms with Crippen LogP contribution in [0.2, 0.25) is 0 Å². The minimum atomic E-state index is -4.02. The van der Waals surface area contributed by atoms with Gasteiger partial charge in [-0.1, -0.05) is 0 Å². The summed E-state index contributed by atoms with van der Waals surface area (Å²) in [5, 5.41) is 0.364. The average molecular weight is 446 g/mol. The number of likely N-dealkylation sites (tertiary alicyclic amines) is 1. The molecule has 1 fully saturated rings. The van der Waals surface area contributed by atoms with E-state index in [1.54, 1.807) is 23.1 Å². The third-order valence-corrected chi connectivity index (χ3v) is 7.23. The van der Waals surface area contributed by atoms with Gasteiger partial charge in [-0.2, -0.15) is 12.8 Å². The van der Waals surface area contributed by atoms with E-state index in [2.05, 4.69) is 14.1 Å². The highest BCUT2D eigenvalue weighted by Crippen LogP contribution is 2.29. The molecular weight excluding hydrogens is 422 g/mol. The lowest BCUT2D eigenvalue weighted by Gasteiger charge is -2.28. The highest BCUT2D eigenvalue weighted by atomic mass is 32.2. The van der Waals surface area contributed by atoms with Crippen molar-refractivity contribution >= 4 is 48.9 Å². The molecule has 10 heteroatoms. The number of carbonyl (C=O) groups is 1. The van der Waals surface area contributed by atoms with Gasteiger partial charge in [-0.3, -0.25) is 9.52 Å². The summed E-state index contributed by atoms with van der Waals surface area (Å²) in [6, 6.07) is 6.91. The Hall–Kier alpha value is -2.72. The Morgan fingerprint density at radius 2 is 1.93 bits per heavy atom. The van der Waals surface area contributed by atoms with Crippen LogP contribution >= 0.6 is 11.5 Å². The van der Waals surface area contributed by atoms with Crippen LogP contribution in [0.5, 0.6) is 0 Å². The molecule has 0 bridgehead atoms. The fraction of sp³-hybridized carbons (Fsp3) is 0.350. The predicted octanol–water partition coefficient (Wildman–Crippen LogP) is 3.18. The number of hydrogen-bond donors (Lipinski definition) is 1. The molecule has 1 aromatic carbocycles. The summed E-state index contributed by atoms with van der Waals surface area (Å²) < 4.78 is 33.8. The van der Waals surface area contributed by atoms with Gasteiger partial charge in [0.05, 0.1) is 27.5 Å². The first-order valence-electron chi connectivity index (χ1n) is 9.70. The van der Waals surface area contributed by atoms with Crippen molar-refractivity contribution in [1.82, 2.24) is 14.3 Å². The van der Waals surface area contributed by atoms with Crippen molar-refractivity contribution in [3.05, 3.63) is 42.2 Å². The molecule has 0 saturated carbocycles. The molecule has 1 amide bonds. The maximum atomic E-state index is 13.2. The quantitative estimate of drug-likeness (QED) is 0.648. The van der Waals surface area contributed by atoms with E-state index in [9.17, 15) is 13.2 Å². The van der Waals surface area contributed by atoms with Gasteiger partial charge in [-0.25, -0.2) is 4.98 Å². The first-order chi connectivity index (χ1) is 14.4. The molecule has 2 aromatic heterocycles. The van der Waals surface area contributed by atoms with E-state index >= 15 is 0 Å². The van der Waals surface area contributed by atoms with Crippen molar-refractivity contribution in [2.75, 3.05) is 36.8 Å². The number of pyridine rings is 1. The Labute approximate surface area is 179 Å². The van der Waals surface area contributed by atoms with E-state index in [0.717, 1.165) is 29.6 Å². The molecule has 1 aliphatic heterocycles. The first kappa shape index (κ1) is 20.5. The summed E-state index contributed by atoms with van der Waals surface area (Å²) in [5.41, 5.74) is 1.37. The molecule has 0 aliphatic carbocycles. The van der Waals surface area contributed by atoms with Crippen molar-refractivity contribution < 1.29 is 13.2 Å². The molecule has 3 heterocycles. The van der Waals surface area contributed by atoms with Gasteiger partial charge < -0.3 is 9.80 Å². The fourth-order valence-electron chi connectivity index (χ4n) is 3.53. The number of piperidine rings is 1. The van der Waals surface area contributed by atoms with Crippen molar-refractivity contribution in [2.24, 2.45) is 0 Å². The summed E-state index contributed by atoms with van der Waals surface area (Å²) in [5.74, 6) is -0.166. The summed E-state index contributed by atoms with van der Waals surface area (Å²) in [4.78, 5) is 20.9. The number of carbonyl (C=O) groups excluding carboxylic acids is 1. The molecule has 30 heavy (non-hydrogen) atoms. The number of aromatic nitrogens is 2. The molecule has 158 valence electrons. The zero-order valence-electron chi connectivity index (χ0n) is 16.8. The molecular formula is C20H23N5O3S2. The number of amides is 1. The van der Waals surface area contributed by atoms with Gasteiger partial charge >= 0.3 is 0 Å². The second-order valence-electron chi connectivity index (χ2n) is 7.44. The van der Waals surface area contributed by atoms with Crippen LogP contribution in [0.25, 0.3) is 10.1 Å². The third kappa shape index (κ3) is 3.97. The number of fused-ring (bicyclic) bond motifs is 1. The summed E-state index contributed by atoms with van der Waals surface area (Å²) in [6.45, 7) is 1.36. The molecule has 1 N–H and O–H groups in total. The normalized spacial score (nSPS) is 14.7. The summed E-state index contributed by atoms with van der Waals surface area (Å²) in [6.07, 6.45) is 5.97. The largest absolute Gasteiger partial charge is 0.378 e. The van der Waals surface area contributed by atoms with Crippen molar-refractivity contribution in [3.63, 3.8) is 0 Å². The highest BCUT2D eigenvalue weighted by Gasteiger charge is 2.26. The number of rotatable bonds is 5. The standard InChI is InChI=1S/C20H23N5O3S2/c1-24(2)14-6-7-15(20(26)25-10-4-3-5-11-25)17(12-14)23-30(27,28)19-16-13-22-29-18(16)8-9-21-19/h6-9,12-13,23H,3-5,10-11H2,1-2H3. The number of benzene rings is 1. The topological polar surface area (TPSA) is 95.5 Å². The van der Waals surface area contributed by atoms with Crippen LogP contribution in [0.4, 0.5) is 11.4 Å². The summed E-state index contributed by atoms with van der Waals surface area (Å²) in [7, 11) is -0.302. The second kappa shape index (κ2) is 8.19. The van der Waals surface area contributed by atoms with Crippen LogP contribution in [0.1, 0.15) is 29.6 Å². The first-order valence-corrected chi connectivity index (χ1v) is 12.0.